The van der Waals surface area contributed by atoms with Crippen molar-refractivity contribution >= 4 is 0 Å². The van der Waals surface area contributed by atoms with E-state index in [1.165, 1.54) is 12.0 Å². The van der Waals surface area contributed by atoms with Crippen LogP contribution >= 0.6 is 0 Å². The average Bonchev–Trinajstić information content (AvgIpc) is 2.01. The third-order valence-corrected chi connectivity index (χ3v) is 4.46. The van der Waals surface area contributed by atoms with Crippen molar-refractivity contribution in [3.8, 4) is 0 Å². The Morgan fingerprint density at radius 2 is 2.29 bits per heavy atom. The molecule has 0 aromatic heterocycles. The molecule has 2 N–H and O–H groups in total. The highest BCUT2D eigenvalue weighted by molar-refractivity contribution is 5.32. The summed E-state index contributed by atoms with van der Waals surface area (Å²) < 4.78 is 0. The van der Waals surface area contributed by atoms with Gasteiger partial charge in [-0.15, -0.1) is 6.58 Å². The Balaban J connectivity index is 2.37. The lowest BCUT2D eigenvalue weighted by Gasteiger charge is -2.62. The number of nitrogens with two attached hydrogens (primary N) is 1. The molecule has 3 aliphatic carbocycles. The van der Waals surface area contributed by atoms with Crippen molar-refractivity contribution in [2.75, 3.05) is 0 Å². The molecule has 0 heterocycles. The van der Waals surface area contributed by atoms with Crippen molar-refractivity contribution in [1.82, 2.24) is 0 Å². The molecule has 3 rings (SSSR count). The number of rotatable bonds is 2. The number of hydrogen-bond donors (Lipinski definition) is 1. The van der Waals surface area contributed by atoms with E-state index in [1.54, 1.807) is 0 Å². The molecule has 0 spiro atoms. The fourth-order valence-corrected chi connectivity index (χ4v) is 3.69. The standard InChI is InChI=1S/C13H21N/c1-5-6-13(14)8-9(2)10-7-11(13)12(10,3)4/h5,8,10-11H,1,6-7,14H2,2-4H3/t10-,11?,13-/m0/s1. The molecule has 1 unspecified atom stereocenters. The van der Waals surface area contributed by atoms with E-state index in [9.17, 15) is 0 Å². The van der Waals surface area contributed by atoms with E-state index >= 15 is 0 Å². The Kier molecular flexibility index (Phi) is 1.94. The Morgan fingerprint density at radius 3 is 2.71 bits per heavy atom. The molecule has 1 fully saturated rings. The summed E-state index contributed by atoms with van der Waals surface area (Å²) in [7, 11) is 0. The van der Waals surface area contributed by atoms with Gasteiger partial charge < -0.3 is 5.73 Å². The first-order valence-electron chi connectivity index (χ1n) is 5.51. The molecule has 0 amide bonds. The quantitative estimate of drug-likeness (QED) is 0.667. The van der Waals surface area contributed by atoms with Gasteiger partial charge in [0.2, 0.25) is 0 Å². The summed E-state index contributed by atoms with van der Waals surface area (Å²) in [5.74, 6) is 1.41. The van der Waals surface area contributed by atoms with Crippen LogP contribution < -0.4 is 5.73 Å². The molecule has 78 valence electrons. The average molecular weight is 191 g/mol. The molecule has 2 bridgehead atoms. The molecule has 1 heteroatoms. The minimum Gasteiger partial charge on any atom is -0.321 e. The first-order chi connectivity index (χ1) is 6.42. The largest absolute Gasteiger partial charge is 0.321 e. The van der Waals surface area contributed by atoms with Crippen LogP contribution in [-0.4, -0.2) is 5.54 Å². The minimum atomic E-state index is -0.121. The van der Waals surface area contributed by atoms with E-state index in [0.717, 1.165) is 12.3 Å². The van der Waals surface area contributed by atoms with E-state index in [-0.39, 0.29) is 5.54 Å². The Morgan fingerprint density at radius 1 is 1.64 bits per heavy atom. The van der Waals surface area contributed by atoms with Crippen LogP contribution in [0.25, 0.3) is 0 Å². The SMILES string of the molecule is C=CC[C@]1(N)C=C(C)[C@@H]2CC1C2(C)C. The van der Waals surface area contributed by atoms with Crippen molar-refractivity contribution in [2.45, 2.75) is 39.2 Å². The van der Waals surface area contributed by atoms with Crippen molar-refractivity contribution in [1.29, 1.82) is 0 Å². The van der Waals surface area contributed by atoms with E-state index in [1.807, 2.05) is 6.08 Å². The fourth-order valence-electron chi connectivity index (χ4n) is 3.69. The molecule has 1 saturated carbocycles. The maximum atomic E-state index is 6.47. The summed E-state index contributed by atoms with van der Waals surface area (Å²) in [5, 5.41) is 0. The Hall–Kier alpha value is -0.560. The summed E-state index contributed by atoms with van der Waals surface area (Å²) in [6.07, 6.45) is 6.43. The van der Waals surface area contributed by atoms with Crippen LogP contribution in [-0.2, 0) is 0 Å². The summed E-state index contributed by atoms with van der Waals surface area (Å²) in [6, 6.07) is 0. The molecule has 14 heavy (non-hydrogen) atoms. The lowest BCUT2D eigenvalue weighted by atomic mass is 9.43. The van der Waals surface area contributed by atoms with Crippen LogP contribution in [0.1, 0.15) is 33.6 Å². The third-order valence-electron chi connectivity index (χ3n) is 4.46. The van der Waals surface area contributed by atoms with Gasteiger partial charge in [0.1, 0.15) is 0 Å². The molecular weight excluding hydrogens is 170 g/mol. The second kappa shape index (κ2) is 2.73. The van der Waals surface area contributed by atoms with Gasteiger partial charge in [-0.3, -0.25) is 0 Å². The van der Waals surface area contributed by atoms with Gasteiger partial charge in [-0.2, -0.15) is 0 Å². The topological polar surface area (TPSA) is 26.0 Å². The van der Waals surface area contributed by atoms with E-state index < -0.39 is 0 Å². The zero-order chi connectivity index (χ0) is 10.6. The maximum absolute atomic E-state index is 6.47. The molecule has 0 aromatic rings. The molecule has 0 aromatic carbocycles. The monoisotopic (exact) mass is 191 g/mol. The van der Waals surface area contributed by atoms with Gasteiger partial charge in [-0.1, -0.05) is 31.6 Å². The van der Waals surface area contributed by atoms with Gasteiger partial charge in [0.15, 0.2) is 0 Å². The van der Waals surface area contributed by atoms with E-state index in [0.29, 0.717) is 11.3 Å². The highest BCUT2D eigenvalue weighted by Crippen LogP contribution is 2.62. The van der Waals surface area contributed by atoms with Crippen LogP contribution in [0, 0.1) is 17.3 Å². The Bertz CT molecular complexity index is 300. The van der Waals surface area contributed by atoms with Gasteiger partial charge in [0.05, 0.1) is 0 Å². The van der Waals surface area contributed by atoms with Crippen LogP contribution in [0.4, 0.5) is 0 Å². The second-order valence-corrected chi connectivity index (χ2v) is 5.66. The van der Waals surface area contributed by atoms with Gasteiger partial charge in [-0.25, -0.2) is 0 Å². The van der Waals surface area contributed by atoms with Crippen molar-refractivity contribution in [3.63, 3.8) is 0 Å². The summed E-state index contributed by atoms with van der Waals surface area (Å²) in [6.45, 7) is 10.8. The first kappa shape index (κ1) is 9.97. The highest BCUT2D eigenvalue weighted by Gasteiger charge is 2.58. The van der Waals surface area contributed by atoms with Gasteiger partial charge >= 0.3 is 0 Å². The van der Waals surface area contributed by atoms with Crippen LogP contribution in [0.15, 0.2) is 24.3 Å². The molecule has 3 aliphatic rings. The second-order valence-electron chi connectivity index (χ2n) is 5.66. The highest BCUT2D eigenvalue weighted by atomic mass is 14.8. The summed E-state index contributed by atoms with van der Waals surface area (Å²) in [5.41, 5.74) is 8.24. The molecular formula is C13H21N. The first-order valence-corrected chi connectivity index (χ1v) is 5.51. The van der Waals surface area contributed by atoms with Crippen molar-refractivity contribution in [2.24, 2.45) is 23.0 Å². The van der Waals surface area contributed by atoms with Crippen LogP contribution in [0.5, 0.6) is 0 Å². The predicted molar refractivity (Wildman–Crippen MR) is 60.9 cm³/mol. The lowest BCUT2D eigenvalue weighted by Crippen LogP contribution is -2.63. The number of allylic oxidation sites excluding steroid dienone is 1. The smallest absolute Gasteiger partial charge is 0.0410 e. The fraction of sp³-hybridized carbons (Fsp3) is 0.692. The molecule has 3 atom stereocenters. The molecule has 1 nitrogen and oxygen atoms in total. The zero-order valence-corrected chi connectivity index (χ0v) is 9.51. The normalized spacial score (nSPS) is 43.9. The lowest BCUT2D eigenvalue weighted by molar-refractivity contribution is -0.0499. The van der Waals surface area contributed by atoms with Crippen LogP contribution in [0.3, 0.4) is 0 Å². The molecule has 0 saturated heterocycles. The third kappa shape index (κ3) is 1.05. The van der Waals surface area contributed by atoms with Gasteiger partial charge in [-0.05, 0) is 37.0 Å². The number of hydrogen-bond acceptors (Lipinski definition) is 1. The maximum Gasteiger partial charge on any atom is 0.0410 e. The van der Waals surface area contributed by atoms with Crippen molar-refractivity contribution in [3.05, 3.63) is 24.3 Å². The van der Waals surface area contributed by atoms with Gasteiger partial charge in [0, 0.05) is 5.54 Å². The summed E-state index contributed by atoms with van der Waals surface area (Å²) >= 11 is 0. The van der Waals surface area contributed by atoms with Crippen LogP contribution in [0.2, 0.25) is 0 Å². The number of fused-ring (bicyclic) bond motifs is 1. The minimum absolute atomic E-state index is 0.121. The van der Waals surface area contributed by atoms with E-state index in [4.69, 9.17) is 5.73 Å². The summed E-state index contributed by atoms with van der Waals surface area (Å²) in [4.78, 5) is 0. The zero-order valence-electron chi connectivity index (χ0n) is 9.51. The van der Waals surface area contributed by atoms with E-state index in [2.05, 4.69) is 33.4 Å². The molecule has 0 aliphatic heterocycles. The Labute approximate surface area is 87.1 Å². The van der Waals surface area contributed by atoms with Crippen molar-refractivity contribution < 1.29 is 0 Å². The predicted octanol–water partition coefficient (Wildman–Crippen LogP) is 2.88. The van der Waals surface area contributed by atoms with Gasteiger partial charge in [0.25, 0.3) is 0 Å². The molecule has 0 radical (unpaired) electrons.